The van der Waals surface area contributed by atoms with Gasteiger partial charge in [0.25, 0.3) is 0 Å². The van der Waals surface area contributed by atoms with Crippen LogP contribution in [0.3, 0.4) is 0 Å². The van der Waals surface area contributed by atoms with Crippen molar-refractivity contribution in [2.45, 2.75) is 17.8 Å². The Labute approximate surface area is 123 Å². The van der Waals surface area contributed by atoms with Gasteiger partial charge in [-0.3, -0.25) is 9.59 Å². The van der Waals surface area contributed by atoms with Crippen LogP contribution in [0.1, 0.15) is 13.8 Å². The molecule has 1 rings (SSSR count). The Kier molecular flexibility index (Phi) is 7.56. The molecular formula is C10H14O2S5. The van der Waals surface area contributed by atoms with Crippen LogP contribution in [0.4, 0.5) is 0 Å². The topological polar surface area (TPSA) is 34.1 Å². The van der Waals surface area contributed by atoms with Crippen LogP contribution in [0.15, 0.2) is 9.81 Å². The number of rotatable bonds is 5. The third-order valence-corrected chi connectivity index (χ3v) is 8.40. The van der Waals surface area contributed by atoms with Gasteiger partial charge in [-0.25, -0.2) is 0 Å². The fourth-order valence-corrected chi connectivity index (χ4v) is 6.66. The average Bonchev–Trinajstić information content (AvgIpc) is 2.66. The molecule has 0 N–H and O–H groups in total. The second kappa shape index (κ2) is 8.09. The van der Waals surface area contributed by atoms with Gasteiger partial charge in [0.15, 0.2) is 10.2 Å². The largest absolute Gasteiger partial charge is 0.288 e. The Hall–Kier alpha value is 0.830. The van der Waals surface area contributed by atoms with Gasteiger partial charge >= 0.3 is 0 Å². The Morgan fingerprint density at radius 3 is 1.76 bits per heavy atom. The number of hydrogen-bond donors (Lipinski definition) is 0. The summed E-state index contributed by atoms with van der Waals surface area (Å²) in [5.41, 5.74) is 0. The fraction of sp³-hybridized carbons (Fsp3) is 0.600. The monoisotopic (exact) mass is 326 g/mol. The van der Waals surface area contributed by atoms with Crippen LogP contribution >= 0.6 is 58.8 Å². The molecule has 1 aliphatic rings. The van der Waals surface area contributed by atoms with E-state index in [1.54, 1.807) is 25.6 Å². The van der Waals surface area contributed by atoms with Crippen molar-refractivity contribution in [2.24, 2.45) is 0 Å². The zero-order chi connectivity index (χ0) is 12.8. The van der Waals surface area contributed by atoms with Gasteiger partial charge in [-0.1, -0.05) is 23.5 Å². The lowest BCUT2D eigenvalue weighted by molar-refractivity contribution is -0.109. The molecule has 2 nitrogen and oxygen atoms in total. The molecule has 0 aromatic carbocycles. The summed E-state index contributed by atoms with van der Waals surface area (Å²) in [7, 11) is 0. The van der Waals surface area contributed by atoms with Gasteiger partial charge in [0, 0.05) is 35.2 Å². The van der Waals surface area contributed by atoms with Crippen molar-refractivity contribution >= 4 is 69.0 Å². The van der Waals surface area contributed by atoms with E-state index in [4.69, 9.17) is 0 Å². The van der Waals surface area contributed by atoms with Crippen molar-refractivity contribution in [3.63, 3.8) is 0 Å². The highest BCUT2D eigenvalue weighted by Gasteiger charge is 2.25. The Morgan fingerprint density at radius 2 is 1.47 bits per heavy atom. The van der Waals surface area contributed by atoms with E-state index < -0.39 is 0 Å². The second-order valence-corrected chi connectivity index (χ2v) is 9.71. The van der Waals surface area contributed by atoms with Gasteiger partial charge in [0.2, 0.25) is 0 Å². The van der Waals surface area contributed by atoms with Gasteiger partial charge < -0.3 is 0 Å². The van der Waals surface area contributed by atoms with E-state index in [0.717, 1.165) is 11.5 Å². The summed E-state index contributed by atoms with van der Waals surface area (Å²) in [5, 5.41) is 0.295. The molecule has 0 fully saturated rings. The molecular weight excluding hydrogens is 312 g/mol. The van der Waals surface area contributed by atoms with Crippen molar-refractivity contribution in [1.29, 1.82) is 0 Å². The summed E-state index contributed by atoms with van der Waals surface area (Å²) in [6.45, 7) is 3.18. The lowest BCUT2D eigenvalue weighted by atomic mass is 10.5. The molecule has 0 aliphatic carbocycles. The zero-order valence-corrected chi connectivity index (χ0v) is 13.9. The van der Waals surface area contributed by atoms with Crippen LogP contribution in [0.25, 0.3) is 0 Å². The highest BCUT2D eigenvalue weighted by Crippen LogP contribution is 2.51. The number of hydrogen-bond acceptors (Lipinski definition) is 7. The smallest absolute Gasteiger partial charge is 0.186 e. The molecule has 0 amide bonds. The summed E-state index contributed by atoms with van der Waals surface area (Å²) >= 11 is 8.13. The molecule has 1 aliphatic heterocycles. The molecule has 0 aromatic heterocycles. The van der Waals surface area contributed by atoms with Crippen molar-refractivity contribution in [3.8, 4) is 0 Å². The molecule has 0 saturated carbocycles. The van der Waals surface area contributed by atoms with Gasteiger partial charge in [-0.2, -0.15) is 0 Å². The quantitative estimate of drug-likeness (QED) is 0.758. The van der Waals surface area contributed by atoms with Crippen molar-refractivity contribution in [1.82, 2.24) is 0 Å². The Morgan fingerprint density at radius 1 is 1.06 bits per heavy atom. The maximum atomic E-state index is 11.0. The van der Waals surface area contributed by atoms with Gasteiger partial charge in [-0.15, -0.1) is 35.3 Å². The van der Waals surface area contributed by atoms with E-state index in [1.807, 2.05) is 23.5 Å². The van der Waals surface area contributed by atoms with Crippen LogP contribution < -0.4 is 0 Å². The van der Waals surface area contributed by atoms with E-state index in [2.05, 4.69) is 6.26 Å². The van der Waals surface area contributed by atoms with Gasteiger partial charge in [0.1, 0.15) is 3.91 Å². The maximum absolute atomic E-state index is 11.0. The number of carbonyl (C=O) groups is 2. The second-order valence-electron chi connectivity index (χ2n) is 3.17. The third-order valence-electron chi connectivity index (χ3n) is 1.79. The Bertz CT molecular complexity index is 310. The third kappa shape index (κ3) is 6.00. The molecule has 0 aromatic rings. The molecule has 0 saturated heterocycles. The summed E-state index contributed by atoms with van der Waals surface area (Å²) in [6, 6.07) is 0. The first-order valence-corrected chi connectivity index (χ1v) is 9.89. The maximum Gasteiger partial charge on any atom is 0.186 e. The van der Waals surface area contributed by atoms with Gasteiger partial charge in [0.05, 0.1) is 0 Å². The van der Waals surface area contributed by atoms with Gasteiger partial charge in [-0.05, 0) is 6.26 Å². The summed E-state index contributed by atoms with van der Waals surface area (Å²) in [4.78, 5) is 24.5. The van der Waals surface area contributed by atoms with E-state index in [0.29, 0.717) is 3.91 Å². The first-order chi connectivity index (χ1) is 8.02. The number of thioether (sulfide) groups is 5. The lowest BCUT2D eigenvalue weighted by Gasteiger charge is -2.03. The molecule has 0 unspecified atom stereocenters. The summed E-state index contributed by atoms with van der Waals surface area (Å²) in [5.74, 6) is 1.50. The lowest BCUT2D eigenvalue weighted by Crippen LogP contribution is -1.92. The molecule has 0 radical (unpaired) electrons. The van der Waals surface area contributed by atoms with E-state index >= 15 is 0 Å². The first-order valence-electron chi connectivity index (χ1n) is 4.87. The molecule has 1 heterocycles. The van der Waals surface area contributed by atoms with Crippen molar-refractivity contribution in [3.05, 3.63) is 9.81 Å². The van der Waals surface area contributed by atoms with Crippen LogP contribution in [0.2, 0.25) is 0 Å². The van der Waals surface area contributed by atoms with E-state index in [-0.39, 0.29) is 10.2 Å². The normalized spacial score (nSPS) is 16.6. The zero-order valence-electron chi connectivity index (χ0n) is 9.85. The Balaban J connectivity index is 2.58. The molecule has 7 heteroatoms. The van der Waals surface area contributed by atoms with Crippen LogP contribution in [0.5, 0.6) is 0 Å². The standard InChI is InChI=1S/C10H14O2S5/c1-6(11)14-4-8-9(5-15-7(2)12)17-10(13-3)16-8/h10H,4-5H2,1-3H3. The van der Waals surface area contributed by atoms with E-state index in [9.17, 15) is 9.59 Å². The highest BCUT2D eigenvalue weighted by molar-refractivity contribution is 8.36. The summed E-state index contributed by atoms with van der Waals surface area (Å²) in [6.07, 6.45) is 2.08. The van der Waals surface area contributed by atoms with Crippen molar-refractivity contribution in [2.75, 3.05) is 17.8 Å². The van der Waals surface area contributed by atoms with E-state index in [1.165, 1.54) is 33.3 Å². The molecule has 0 bridgehead atoms. The molecule has 96 valence electrons. The predicted molar refractivity (Wildman–Crippen MR) is 85.8 cm³/mol. The minimum atomic E-state index is 0.147. The van der Waals surface area contributed by atoms with Crippen LogP contribution in [0, 0.1) is 0 Å². The first kappa shape index (κ1) is 15.9. The number of carbonyl (C=O) groups excluding carboxylic acids is 2. The SMILES string of the molecule is CSC1SC(CSC(C)=O)=C(CSC(C)=O)S1. The fourth-order valence-electron chi connectivity index (χ4n) is 1.05. The minimum Gasteiger partial charge on any atom is -0.288 e. The minimum absolute atomic E-state index is 0.147. The molecule has 0 atom stereocenters. The van der Waals surface area contributed by atoms with Crippen LogP contribution in [-0.4, -0.2) is 31.9 Å². The highest BCUT2D eigenvalue weighted by atomic mass is 32.3. The van der Waals surface area contributed by atoms with Crippen LogP contribution in [-0.2, 0) is 9.59 Å². The molecule has 17 heavy (non-hydrogen) atoms. The van der Waals surface area contributed by atoms with Crippen molar-refractivity contribution < 1.29 is 9.59 Å². The molecule has 0 spiro atoms. The summed E-state index contributed by atoms with van der Waals surface area (Å²) < 4.78 is 0.472. The average molecular weight is 327 g/mol. The predicted octanol–water partition coefficient (Wildman–Crippen LogP) is 3.88.